The van der Waals surface area contributed by atoms with Crippen LogP contribution in [0.3, 0.4) is 0 Å². The van der Waals surface area contributed by atoms with Crippen LogP contribution in [-0.2, 0) is 15.3 Å². The minimum Gasteiger partial charge on any atom is -0.443 e. The van der Waals surface area contributed by atoms with Crippen LogP contribution in [0.15, 0.2) is 42.5 Å². The van der Waals surface area contributed by atoms with Crippen molar-refractivity contribution in [1.29, 1.82) is 21.2 Å². The van der Waals surface area contributed by atoms with E-state index in [4.69, 9.17) is 38.1 Å². The van der Waals surface area contributed by atoms with Gasteiger partial charge in [0.25, 0.3) is 0 Å². The summed E-state index contributed by atoms with van der Waals surface area (Å²) in [5, 5.41) is 40.0. The summed E-state index contributed by atoms with van der Waals surface area (Å²) >= 11 is 12.5. The van der Waals surface area contributed by atoms with Gasteiger partial charge in [0.05, 0.1) is 29.1 Å². The van der Waals surface area contributed by atoms with E-state index in [-0.39, 0.29) is 5.02 Å². The minimum absolute atomic E-state index is 0.227. The zero-order valence-corrected chi connectivity index (χ0v) is 18.1. The van der Waals surface area contributed by atoms with Gasteiger partial charge in [0.2, 0.25) is 17.1 Å². The average Bonchev–Trinajstić information content (AvgIpc) is 2.90. The molecule has 0 amide bonds. The molecule has 31 heavy (non-hydrogen) atoms. The number of benzene rings is 2. The Hall–Kier alpha value is -3.08. The summed E-state index contributed by atoms with van der Waals surface area (Å²) < 4.78 is 12.4. The highest BCUT2D eigenvalue weighted by Gasteiger charge is 2.80. The molecule has 6 nitrogen and oxygen atoms in total. The molecule has 2 aromatic rings. The van der Waals surface area contributed by atoms with Crippen molar-refractivity contribution in [2.24, 2.45) is 16.7 Å². The van der Waals surface area contributed by atoms with Crippen LogP contribution in [0.1, 0.15) is 29.7 Å². The molecule has 2 heterocycles. The van der Waals surface area contributed by atoms with Crippen LogP contribution in [-0.4, -0.2) is 5.90 Å². The van der Waals surface area contributed by atoms with Gasteiger partial charge in [0.15, 0.2) is 5.41 Å². The first-order valence-electron chi connectivity index (χ1n) is 9.44. The predicted molar refractivity (Wildman–Crippen MR) is 113 cm³/mol. The van der Waals surface area contributed by atoms with Gasteiger partial charge in [-0.2, -0.15) is 15.8 Å². The third-order valence-corrected chi connectivity index (χ3v) is 6.87. The van der Waals surface area contributed by atoms with Crippen LogP contribution in [0.4, 0.5) is 0 Å². The molecule has 0 aromatic heterocycles. The van der Waals surface area contributed by atoms with Crippen LogP contribution in [0, 0.1) is 63.1 Å². The van der Waals surface area contributed by atoms with Crippen LogP contribution < -0.4 is 0 Å². The van der Waals surface area contributed by atoms with E-state index in [1.807, 2.05) is 25.1 Å². The highest BCUT2D eigenvalue weighted by atomic mass is 35.5. The van der Waals surface area contributed by atoms with Crippen molar-refractivity contribution in [3.8, 4) is 18.2 Å². The number of hydrogen-bond acceptors (Lipinski definition) is 6. The van der Waals surface area contributed by atoms with Crippen molar-refractivity contribution >= 4 is 29.1 Å². The Labute approximate surface area is 189 Å². The Morgan fingerprint density at radius 2 is 1.74 bits per heavy atom. The van der Waals surface area contributed by atoms with Crippen LogP contribution in [0.5, 0.6) is 0 Å². The number of nitrogens with one attached hydrogen (secondary N) is 1. The monoisotopic (exact) mass is 450 g/mol. The van der Waals surface area contributed by atoms with Gasteiger partial charge in [-0.15, -0.1) is 0 Å². The number of fused-ring (bicyclic) bond motifs is 2. The largest absolute Gasteiger partial charge is 0.443 e. The SMILES string of the molecule is Cc1cccc(C2OC3(c4ccc(Cl)cc4Cl)OC(=N)C(C#N)(C3C)C2(C#N)C#N)c1. The second-order valence-corrected chi connectivity index (χ2v) is 8.65. The van der Waals surface area contributed by atoms with Crippen molar-refractivity contribution in [3.63, 3.8) is 0 Å². The summed E-state index contributed by atoms with van der Waals surface area (Å²) in [6, 6.07) is 18.0. The summed E-state index contributed by atoms with van der Waals surface area (Å²) in [5.74, 6) is -3.04. The Bertz CT molecular complexity index is 1230. The molecule has 154 valence electrons. The van der Waals surface area contributed by atoms with E-state index >= 15 is 0 Å². The molecule has 1 N–H and O–H groups in total. The minimum atomic E-state index is -2.02. The van der Waals surface area contributed by atoms with Gasteiger partial charge in [-0.3, -0.25) is 5.41 Å². The van der Waals surface area contributed by atoms with Crippen molar-refractivity contribution in [2.45, 2.75) is 25.7 Å². The van der Waals surface area contributed by atoms with E-state index in [2.05, 4.69) is 6.07 Å². The summed E-state index contributed by atoms with van der Waals surface area (Å²) in [7, 11) is 0. The second-order valence-electron chi connectivity index (χ2n) is 7.81. The van der Waals surface area contributed by atoms with Crippen LogP contribution >= 0.6 is 23.2 Å². The van der Waals surface area contributed by atoms with E-state index in [1.165, 1.54) is 6.07 Å². The molecule has 4 atom stereocenters. The lowest BCUT2D eigenvalue weighted by atomic mass is 9.53. The fourth-order valence-electron chi connectivity index (χ4n) is 4.75. The topological polar surface area (TPSA) is 114 Å². The maximum absolute atomic E-state index is 10.3. The summed E-state index contributed by atoms with van der Waals surface area (Å²) in [6.07, 6.45) is -1.17. The highest BCUT2D eigenvalue weighted by molar-refractivity contribution is 6.35. The normalized spacial score (nSPS) is 30.5. The van der Waals surface area contributed by atoms with Crippen LogP contribution in [0.2, 0.25) is 10.0 Å². The van der Waals surface area contributed by atoms with E-state index in [0.717, 1.165) is 5.56 Å². The van der Waals surface area contributed by atoms with E-state index in [1.54, 1.807) is 37.3 Å². The number of nitriles is 3. The van der Waals surface area contributed by atoms with Crippen molar-refractivity contribution in [3.05, 3.63) is 69.2 Å². The van der Waals surface area contributed by atoms with Crippen LogP contribution in [0.25, 0.3) is 0 Å². The number of aryl methyl sites for hydroxylation is 1. The Balaban J connectivity index is 2.07. The molecule has 4 rings (SSSR count). The van der Waals surface area contributed by atoms with Gasteiger partial charge in [-0.1, -0.05) is 60.0 Å². The lowest BCUT2D eigenvalue weighted by Crippen LogP contribution is -2.57. The molecule has 0 radical (unpaired) electrons. The van der Waals surface area contributed by atoms with Gasteiger partial charge in [-0.25, -0.2) is 0 Å². The first kappa shape index (κ1) is 21.2. The van der Waals surface area contributed by atoms with Crippen molar-refractivity contribution in [1.82, 2.24) is 0 Å². The third kappa shape index (κ3) is 2.49. The summed E-state index contributed by atoms with van der Waals surface area (Å²) in [6.45, 7) is 3.50. The molecule has 2 saturated heterocycles. The Morgan fingerprint density at radius 1 is 1.03 bits per heavy atom. The number of ether oxygens (including phenoxy) is 2. The molecule has 0 spiro atoms. The maximum atomic E-state index is 10.3. The molecule has 0 aliphatic carbocycles. The smallest absolute Gasteiger partial charge is 0.245 e. The fourth-order valence-corrected chi connectivity index (χ4v) is 5.29. The van der Waals surface area contributed by atoms with Gasteiger partial charge in [-0.05, 0) is 30.7 Å². The summed E-state index contributed by atoms with van der Waals surface area (Å²) in [4.78, 5) is 0. The van der Waals surface area contributed by atoms with E-state index in [9.17, 15) is 15.8 Å². The van der Waals surface area contributed by atoms with Crippen molar-refractivity contribution < 1.29 is 9.47 Å². The fraction of sp³-hybridized carbons (Fsp3) is 0.304. The van der Waals surface area contributed by atoms with Gasteiger partial charge < -0.3 is 9.47 Å². The maximum Gasteiger partial charge on any atom is 0.245 e. The number of rotatable bonds is 2. The number of halogens is 2. The zero-order valence-electron chi connectivity index (χ0n) is 16.6. The molecule has 8 heteroatoms. The molecule has 2 bridgehead atoms. The quantitative estimate of drug-likeness (QED) is 0.656. The van der Waals surface area contributed by atoms with Crippen molar-refractivity contribution in [2.75, 3.05) is 0 Å². The summed E-state index contributed by atoms with van der Waals surface area (Å²) in [5.41, 5.74) is -2.12. The van der Waals surface area contributed by atoms with Gasteiger partial charge in [0, 0.05) is 10.6 Å². The molecule has 2 aromatic carbocycles. The van der Waals surface area contributed by atoms with Gasteiger partial charge in [0.1, 0.15) is 6.10 Å². The molecular formula is C23H16Cl2N4O2. The second kappa shape index (κ2) is 6.98. The Kier molecular flexibility index (Phi) is 4.76. The molecule has 2 aliphatic heterocycles. The van der Waals surface area contributed by atoms with Gasteiger partial charge >= 0.3 is 0 Å². The third-order valence-electron chi connectivity index (χ3n) is 6.32. The lowest BCUT2D eigenvalue weighted by Gasteiger charge is -2.49. The first-order chi connectivity index (χ1) is 14.7. The number of nitrogens with zero attached hydrogens (tertiary/aromatic N) is 3. The van der Waals surface area contributed by atoms with E-state index in [0.29, 0.717) is 16.1 Å². The lowest BCUT2D eigenvalue weighted by molar-refractivity contribution is -0.288. The molecule has 2 fully saturated rings. The predicted octanol–water partition coefficient (Wildman–Crippen LogP) is 5.41. The standard InChI is InChI=1S/C23H16Cl2N4O2/c1-13-4-3-5-15(8-13)19-21(10-26,11-27)22(12-28)14(2)23(30-19,31-20(22)29)17-7-6-16(24)9-18(17)25/h3-9,14,19,29H,1-2H3. The van der Waals surface area contributed by atoms with E-state index < -0.39 is 34.5 Å². The molecule has 0 saturated carbocycles. The molecule has 4 unspecified atom stereocenters. The molecular weight excluding hydrogens is 435 g/mol. The molecule has 2 aliphatic rings. The zero-order chi connectivity index (χ0) is 22.6. The number of hydrogen-bond donors (Lipinski definition) is 1. The first-order valence-corrected chi connectivity index (χ1v) is 10.2. The highest BCUT2D eigenvalue weighted by Crippen LogP contribution is 2.69. The Morgan fingerprint density at radius 3 is 2.32 bits per heavy atom. The average molecular weight is 451 g/mol.